The number of ether oxygens (including phenoxy) is 1. The van der Waals surface area contributed by atoms with Gasteiger partial charge in [0.15, 0.2) is 0 Å². The molecule has 0 saturated carbocycles. The van der Waals surface area contributed by atoms with Crippen molar-refractivity contribution in [2.75, 3.05) is 25.7 Å². The van der Waals surface area contributed by atoms with E-state index in [0.29, 0.717) is 13.2 Å². The van der Waals surface area contributed by atoms with Crippen molar-refractivity contribution in [3.05, 3.63) is 0 Å². The Labute approximate surface area is 66.7 Å². The van der Waals surface area contributed by atoms with Gasteiger partial charge in [0.25, 0.3) is 8.05 Å². The summed E-state index contributed by atoms with van der Waals surface area (Å²) in [5, 5.41) is 8.86. The van der Waals surface area contributed by atoms with Crippen LogP contribution in [0.2, 0.25) is 0 Å². The summed E-state index contributed by atoms with van der Waals surface area (Å²) in [4.78, 5) is 0. The standard InChI is InChI=1S/C5H12BClO3/c6-10-2-1-9-4-5(8)3-7/h5,8H,1-4,6H2. The second-order valence-electron chi connectivity index (χ2n) is 1.88. The molecule has 0 spiro atoms. The maximum absolute atomic E-state index is 8.86. The van der Waals surface area contributed by atoms with Crippen molar-refractivity contribution in [3.8, 4) is 0 Å². The summed E-state index contributed by atoms with van der Waals surface area (Å²) < 4.78 is 9.68. The van der Waals surface area contributed by atoms with Crippen molar-refractivity contribution in [3.63, 3.8) is 0 Å². The molecule has 0 aromatic rings. The third-order valence-corrected chi connectivity index (χ3v) is 1.28. The van der Waals surface area contributed by atoms with Gasteiger partial charge in [-0.2, -0.15) is 0 Å². The Morgan fingerprint density at radius 1 is 1.50 bits per heavy atom. The first-order chi connectivity index (χ1) is 4.81. The van der Waals surface area contributed by atoms with Gasteiger partial charge < -0.3 is 14.5 Å². The van der Waals surface area contributed by atoms with Gasteiger partial charge in [-0.1, -0.05) is 0 Å². The molecule has 10 heavy (non-hydrogen) atoms. The molecular weight excluding hydrogens is 154 g/mol. The molecule has 60 valence electrons. The number of aliphatic hydroxyl groups is 1. The summed E-state index contributed by atoms with van der Waals surface area (Å²) in [5.74, 6) is 0.215. The highest BCUT2D eigenvalue weighted by atomic mass is 35.5. The second-order valence-corrected chi connectivity index (χ2v) is 2.18. The molecule has 0 aliphatic rings. The van der Waals surface area contributed by atoms with Crippen LogP contribution in [-0.4, -0.2) is 45.0 Å². The first kappa shape index (κ1) is 10.2. The first-order valence-corrected chi connectivity index (χ1v) is 3.65. The Hall–Kier alpha value is 0.235. The predicted octanol–water partition coefficient (Wildman–Crippen LogP) is -0.833. The molecule has 0 aliphatic carbocycles. The SMILES string of the molecule is BOCCOCC(O)CCl. The van der Waals surface area contributed by atoms with E-state index in [1.165, 1.54) is 0 Å². The Morgan fingerprint density at radius 2 is 2.20 bits per heavy atom. The van der Waals surface area contributed by atoms with E-state index in [0.717, 1.165) is 0 Å². The summed E-state index contributed by atoms with van der Waals surface area (Å²) in [6, 6.07) is 0. The van der Waals surface area contributed by atoms with Gasteiger partial charge in [-0.25, -0.2) is 0 Å². The molecule has 1 atom stereocenters. The molecule has 0 fully saturated rings. The van der Waals surface area contributed by atoms with E-state index in [4.69, 9.17) is 26.1 Å². The van der Waals surface area contributed by atoms with Crippen LogP contribution in [0.5, 0.6) is 0 Å². The van der Waals surface area contributed by atoms with Gasteiger partial charge in [0.05, 0.1) is 31.8 Å². The molecule has 0 amide bonds. The van der Waals surface area contributed by atoms with E-state index >= 15 is 0 Å². The molecule has 0 aliphatic heterocycles. The lowest BCUT2D eigenvalue weighted by molar-refractivity contribution is 0.0354. The quantitative estimate of drug-likeness (QED) is 0.318. The average Bonchev–Trinajstić information content (AvgIpc) is 1.98. The average molecular weight is 166 g/mol. The topological polar surface area (TPSA) is 38.7 Å². The molecule has 0 radical (unpaired) electrons. The minimum absolute atomic E-state index is 0.215. The van der Waals surface area contributed by atoms with Gasteiger partial charge in [-0.3, -0.25) is 0 Å². The minimum Gasteiger partial charge on any atom is -0.442 e. The van der Waals surface area contributed by atoms with Crippen molar-refractivity contribution in [1.29, 1.82) is 0 Å². The zero-order valence-corrected chi connectivity index (χ0v) is 6.80. The van der Waals surface area contributed by atoms with Crippen molar-refractivity contribution >= 4 is 19.7 Å². The van der Waals surface area contributed by atoms with E-state index in [-0.39, 0.29) is 12.5 Å². The van der Waals surface area contributed by atoms with Crippen LogP contribution in [0.25, 0.3) is 0 Å². The number of rotatable bonds is 6. The molecule has 0 aromatic heterocycles. The predicted molar refractivity (Wildman–Crippen MR) is 42.0 cm³/mol. The molecule has 0 heterocycles. The Bertz CT molecular complexity index is 73.9. The smallest absolute Gasteiger partial charge is 0.257 e. The molecule has 0 rings (SSSR count). The molecule has 0 aromatic carbocycles. The fourth-order valence-electron chi connectivity index (χ4n) is 0.406. The normalized spacial score (nSPS) is 13.4. The maximum Gasteiger partial charge on any atom is 0.257 e. The fourth-order valence-corrected chi connectivity index (χ4v) is 0.495. The number of aliphatic hydroxyl groups excluding tert-OH is 1. The zero-order chi connectivity index (χ0) is 7.82. The third-order valence-electron chi connectivity index (χ3n) is 0.920. The number of alkyl halides is 1. The molecule has 3 nitrogen and oxygen atoms in total. The summed E-state index contributed by atoms with van der Waals surface area (Å²) in [5.41, 5.74) is 0. The van der Waals surface area contributed by atoms with Crippen molar-refractivity contribution < 1.29 is 14.5 Å². The minimum atomic E-state index is -0.557. The van der Waals surface area contributed by atoms with Crippen LogP contribution >= 0.6 is 11.6 Å². The van der Waals surface area contributed by atoms with Crippen LogP contribution in [0.3, 0.4) is 0 Å². The number of hydrogen-bond donors (Lipinski definition) is 1. The molecule has 0 saturated heterocycles. The molecule has 0 bridgehead atoms. The van der Waals surface area contributed by atoms with Gasteiger partial charge in [0, 0.05) is 0 Å². The molecular formula is C5H12BClO3. The highest BCUT2D eigenvalue weighted by molar-refractivity contribution is 6.18. The Morgan fingerprint density at radius 3 is 2.70 bits per heavy atom. The van der Waals surface area contributed by atoms with E-state index in [1.54, 1.807) is 8.05 Å². The number of halogens is 1. The van der Waals surface area contributed by atoms with Crippen molar-refractivity contribution in [2.45, 2.75) is 6.10 Å². The van der Waals surface area contributed by atoms with Gasteiger partial charge in [-0.15, -0.1) is 11.6 Å². The fraction of sp³-hybridized carbons (Fsp3) is 1.00. The second kappa shape index (κ2) is 7.34. The van der Waals surface area contributed by atoms with Crippen LogP contribution < -0.4 is 0 Å². The van der Waals surface area contributed by atoms with Crippen LogP contribution in [0.15, 0.2) is 0 Å². The maximum atomic E-state index is 8.86. The Kier molecular flexibility index (Phi) is 7.52. The summed E-state index contributed by atoms with van der Waals surface area (Å²) in [6.07, 6.45) is -0.557. The summed E-state index contributed by atoms with van der Waals surface area (Å²) >= 11 is 5.30. The van der Waals surface area contributed by atoms with E-state index in [9.17, 15) is 0 Å². The summed E-state index contributed by atoms with van der Waals surface area (Å²) in [6.45, 7) is 1.34. The number of hydrogen-bond acceptors (Lipinski definition) is 3. The van der Waals surface area contributed by atoms with Crippen molar-refractivity contribution in [1.82, 2.24) is 0 Å². The molecule has 5 heteroatoms. The third kappa shape index (κ3) is 6.36. The summed E-state index contributed by atoms with van der Waals surface area (Å²) in [7, 11) is 1.60. The lowest BCUT2D eigenvalue weighted by Gasteiger charge is -2.06. The van der Waals surface area contributed by atoms with Crippen LogP contribution in [0.4, 0.5) is 0 Å². The van der Waals surface area contributed by atoms with Crippen molar-refractivity contribution in [2.24, 2.45) is 0 Å². The van der Waals surface area contributed by atoms with Gasteiger partial charge in [0.2, 0.25) is 0 Å². The van der Waals surface area contributed by atoms with E-state index < -0.39 is 6.10 Å². The monoisotopic (exact) mass is 166 g/mol. The highest BCUT2D eigenvalue weighted by Gasteiger charge is 1.99. The van der Waals surface area contributed by atoms with Gasteiger partial charge >= 0.3 is 0 Å². The zero-order valence-electron chi connectivity index (χ0n) is 6.05. The van der Waals surface area contributed by atoms with Crippen LogP contribution in [0, 0.1) is 0 Å². The first-order valence-electron chi connectivity index (χ1n) is 3.12. The Balaban J connectivity index is 2.89. The van der Waals surface area contributed by atoms with E-state index in [1.807, 2.05) is 0 Å². The van der Waals surface area contributed by atoms with Gasteiger partial charge in [0.1, 0.15) is 0 Å². The van der Waals surface area contributed by atoms with Gasteiger partial charge in [-0.05, 0) is 0 Å². The molecule has 1 unspecified atom stereocenters. The lowest BCUT2D eigenvalue weighted by Crippen LogP contribution is -2.18. The van der Waals surface area contributed by atoms with E-state index in [2.05, 4.69) is 0 Å². The largest absolute Gasteiger partial charge is 0.442 e. The lowest BCUT2D eigenvalue weighted by atomic mass is 10.4. The molecule has 1 N–H and O–H groups in total. The van der Waals surface area contributed by atoms with Crippen LogP contribution in [-0.2, 0) is 9.39 Å². The van der Waals surface area contributed by atoms with Crippen LogP contribution in [0.1, 0.15) is 0 Å². The highest BCUT2D eigenvalue weighted by Crippen LogP contribution is 1.88.